The van der Waals surface area contributed by atoms with Crippen LogP contribution in [0, 0.1) is 0 Å². The molecule has 3 N–H and O–H groups in total. The zero-order valence-electron chi connectivity index (χ0n) is 17.4. The number of hydrogen-bond acceptors (Lipinski definition) is 6. The molecule has 0 saturated carbocycles. The number of nitrogens with two attached hydrogens (primary N) is 1. The lowest BCUT2D eigenvalue weighted by Crippen LogP contribution is -2.31. The smallest absolute Gasteiger partial charge is 0.238 e. The van der Waals surface area contributed by atoms with Gasteiger partial charge in [0.1, 0.15) is 11.5 Å². The van der Waals surface area contributed by atoms with Crippen molar-refractivity contribution >= 4 is 29.3 Å². The number of anilines is 1. The number of aryl methyl sites for hydroxylation is 1. The Hall–Kier alpha value is -3.10. The minimum Gasteiger partial charge on any atom is -0.369 e. The quantitative estimate of drug-likeness (QED) is 0.445. The number of benzene rings is 2. The van der Waals surface area contributed by atoms with Crippen molar-refractivity contribution in [2.75, 3.05) is 31.2 Å². The van der Waals surface area contributed by atoms with E-state index < -0.39 is 5.91 Å². The lowest BCUT2D eigenvalue weighted by molar-refractivity contribution is -0.117. The number of rotatable bonds is 11. The van der Waals surface area contributed by atoms with Crippen molar-refractivity contribution in [2.45, 2.75) is 17.7 Å². The molecule has 0 atom stereocenters. The van der Waals surface area contributed by atoms with Gasteiger partial charge < -0.3 is 15.6 Å². The molecular weight excluding hydrogens is 412 g/mol. The van der Waals surface area contributed by atoms with Crippen molar-refractivity contribution in [3.8, 4) is 11.3 Å². The summed E-state index contributed by atoms with van der Waals surface area (Å²) < 4.78 is 5.43. The van der Waals surface area contributed by atoms with Gasteiger partial charge in [-0.3, -0.25) is 14.5 Å². The Balaban J connectivity index is 1.43. The second-order valence-corrected chi connectivity index (χ2v) is 8.20. The Morgan fingerprint density at radius 1 is 1.13 bits per heavy atom. The first-order chi connectivity index (χ1) is 15.0. The highest BCUT2D eigenvalue weighted by molar-refractivity contribution is 8.00. The SMILES string of the molecule is CN(CCCc1cc(-c2ccccc2)no1)CC(=O)Nc1ccccc1SCC(N)=O. The molecule has 3 aromatic rings. The van der Waals surface area contributed by atoms with Crippen LogP contribution in [0.15, 0.2) is 70.1 Å². The first-order valence-electron chi connectivity index (χ1n) is 10.0. The molecule has 1 aromatic heterocycles. The Morgan fingerprint density at radius 3 is 2.65 bits per heavy atom. The van der Waals surface area contributed by atoms with Crippen molar-refractivity contribution < 1.29 is 14.1 Å². The Bertz CT molecular complexity index is 1010. The lowest BCUT2D eigenvalue weighted by Gasteiger charge is -2.16. The molecule has 0 radical (unpaired) electrons. The fraction of sp³-hybridized carbons (Fsp3) is 0.261. The van der Waals surface area contributed by atoms with Gasteiger partial charge in [0.25, 0.3) is 0 Å². The van der Waals surface area contributed by atoms with Crippen molar-refractivity contribution in [1.29, 1.82) is 0 Å². The second-order valence-electron chi connectivity index (χ2n) is 7.19. The number of nitrogens with one attached hydrogen (secondary N) is 1. The van der Waals surface area contributed by atoms with Gasteiger partial charge in [0.2, 0.25) is 11.8 Å². The number of primary amides is 1. The molecule has 162 valence electrons. The number of aromatic nitrogens is 1. The number of para-hydroxylation sites is 1. The average molecular weight is 439 g/mol. The van der Waals surface area contributed by atoms with Gasteiger partial charge in [0.05, 0.1) is 18.0 Å². The summed E-state index contributed by atoms with van der Waals surface area (Å²) >= 11 is 1.31. The zero-order valence-corrected chi connectivity index (χ0v) is 18.2. The topological polar surface area (TPSA) is 101 Å². The van der Waals surface area contributed by atoms with Gasteiger partial charge in [-0.15, -0.1) is 11.8 Å². The van der Waals surface area contributed by atoms with Crippen LogP contribution in [0.2, 0.25) is 0 Å². The maximum absolute atomic E-state index is 12.4. The summed E-state index contributed by atoms with van der Waals surface area (Å²) in [6, 6.07) is 19.2. The summed E-state index contributed by atoms with van der Waals surface area (Å²) in [6.07, 6.45) is 1.59. The van der Waals surface area contributed by atoms with Gasteiger partial charge in [-0.2, -0.15) is 0 Å². The summed E-state index contributed by atoms with van der Waals surface area (Å²) in [5.74, 6) is 0.492. The molecule has 8 heteroatoms. The number of nitrogens with zero attached hydrogens (tertiary/aromatic N) is 2. The van der Waals surface area contributed by atoms with Crippen LogP contribution in [-0.2, 0) is 16.0 Å². The molecule has 0 fully saturated rings. The van der Waals surface area contributed by atoms with Crippen LogP contribution in [0.3, 0.4) is 0 Å². The van der Waals surface area contributed by atoms with E-state index in [1.54, 1.807) is 0 Å². The van der Waals surface area contributed by atoms with Crippen LogP contribution >= 0.6 is 11.8 Å². The Morgan fingerprint density at radius 2 is 1.87 bits per heavy atom. The normalized spacial score (nSPS) is 10.9. The van der Waals surface area contributed by atoms with E-state index in [9.17, 15) is 9.59 Å². The number of amides is 2. The number of thioether (sulfide) groups is 1. The molecule has 0 aliphatic heterocycles. The number of hydrogen-bond donors (Lipinski definition) is 2. The van der Waals surface area contributed by atoms with Gasteiger partial charge in [-0.25, -0.2) is 0 Å². The van der Waals surface area contributed by atoms with E-state index >= 15 is 0 Å². The summed E-state index contributed by atoms with van der Waals surface area (Å²) in [5.41, 5.74) is 7.75. The van der Waals surface area contributed by atoms with Gasteiger partial charge in [0.15, 0.2) is 0 Å². The Labute approximate surface area is 186 Å². The minimum atomic E-state index is -0.395. The van der Waals surface area contributed by atoms with Gasteiger partial charge >= 0.3 is 0 Å². The Kier molecular flexibility index (Phi) is 8.26. The third-order valence-corrected chi connectivity index (χ3v) is 5.63. The van der Waals surface area contributed by atoms with Crippen molar-refractivity contribution in [1.82, 2.24) is 10.1 Å². The van der Waals surface area contributed by atoms with E-state index in [4.69, 9.17) is 10.3 Å². The van der Waals surface area contributed by atoms with Crippen LogP contribution < -0.4 is 11.1 Å². The maximum Gasteiger partial charge on any atom is 0.238 e. The number of carbonyl (C=O) groups is 2. The van der Waals surface area contributed by atoms with Crippen molar-refractivity contribution in [3.63, 3.8) is 0 Å². The van der Waals surface area contributed by atoms with E-state index in [0.717, 1.165) is 41.3 Å². The molecule has 0 aliphatic carbocycles. The number of carbonyl (C=O) groups excluding carboxylic acids is 2. The van der Waals surface area contributed by atoms with E-state index in [1.807, 2.05) is 72.6 Å². The minimum absolute atomic E-state index is 0.111. The molecule has 2 aromatic carbocycles. The fourth-order valence-corrected chi connectivity index (χ4v) is 3.80. The predicted molar refractivity (Wildman–Crippen MR) is 123 cm³/mol. The van der Waals surface area contributed by atoms with Crippen LogP contribution in [0.4, 0.5) is 5.69 Å². The molecule has 31 heavy (non-hydrogen) atoms. The zero-order chi connectivity index (χ0) is 22.1. The predicted octanol–water partition coefficient (Wildman–Crippen LogP) is 3.42. The molecular formula is C23H26N4O3S. The monoisotopic (exact) mass is 438 g/mol. The van der Waals surface area contributed by atoms with Gasteiger partial charge in [0, 0.05) is 22.9 Å². The van der Waals surface area contributed by atoms with E-state index in [-0.39, 0.29) is 18.2 Å². The summed E-state index contributed by atoms with van der Waals surface area (Å²) in [6.45, 7) is 1.01. The number of likely N-dealkylation sites (N-methyl/N-ethyl adjacent to an activating group) is 1. The molecule has 1 heterocycles. The van der Waals surface area contributed by atoms with Crippen LogP contribution in [-0.4, -0.2) is 47.8 Å². The van der Waals surface area contributed by atoms with Crippen LogP contribution in [0.1, 0.15) is 12.2 Å². The summed E-state index contributed by atoms with van der Waals surface area (Å²) in [4.78, 5) is 26.2. The highest BCUT2D eigenvalue weighted by Crippen LogP contribution is 2.26. The summed E-state index contributed by atoms with van der Waals surface area (Å²) in [7, 11) is 1.91. The van der Waals surface area contributed by atoms with E-state index in [1.165, 1.54) is 11.8 Å². The first-order valence-corrected chi connectivity index (χ1v) is 11.0. The molecule has 0 spiro atoms. The molecule has 0 bridgehead atoms. The lowest BCUT2D eigenvalue weighted by atomic mass is 10.1. The molecule has 0 saturated heterocycles. The van der Waals surface area contributed by atoms with Gasteiger partial charge in [-0.05, 0) is 32.1 Å². The van der Waals surface area contributed by atoms with Gasteiger partial charge in [-0.1, -0.05) is 47.6 Å². The van der Waals surface area contributed by atoms with Crippen LogP contribution in [0.25, 0.3) is 11.3 Å². The first kappa shape index (κ1) is 22.6. The van der Waals surface area contributed by atoms with Crippen molar-refractivity contribution in [2.24, 2.45) is 5.73 Å². The molecule has 3 rings (SSSR count). The molecule has 7 nitrogen and oxygen atoms in total. The van der Waals surface area contributed by atoms with E-state index in [0.29, 0.717) is 5.69 Å². The van der Waals surface area contributed by atoms with Crippen LogP contribution in [0.5, 0.6) is 0 Å². The van der Waals surface area contributed by atoms with Crippen molar-refractivity contribution in [3.05, 3.63) is 66.4 Å². The fourth-order valence-electron chi connectivity index (χ4n) is 3.06. The highest BCUT2D eigenvalue weighted by atomic mass is 32.2. The third kappa shape index (κ3) is 7.27. The molecule has 0 unspecified atom stereocenters. The standard InChI is InChI=1S/C23H26N4O3S/c1-27(13-7-10-18-14-20(26-30-18)17-8-3-2-4-9-17)15-23(29)25-19-11-5-6-12-21(19)31-16-22(24)28/h2-6,8-9,11-12,14H,7,10,13,15-16H2,1H3,(H2,24,28)(H,25,29). The van der Waals surface area contributed by atoms with E-state index in [2.05, 4.69) is 10.5 Å². The average Bonchev–Trinajstić information content (AvgIpc) is 3.22. The summed E-state index contributed by atoms with van der Waals surface area (Å²) in [5, 5.41) is 7.04. The third-order valence-electron chi connectivity index (χ3n) is 4.54. The molecule has 0 aliphatic rings. The maximum atomic E-state index is 12.4. The highest BCUT2D eigenvalue weighted by Gasteiger charge is 2.11. The molecule has 2 amide bonds. The largest absolute Gasteiger partial charge is 0.369 e. The second kappa shape index (κ2) is 11.3.